The number of para-hydroxylation sites is 1. The maximum Gasteiger partial charge on any atom is 0.303 e. The van der Waals surface area contributed by atoms with Gasteiger partial charge < -0.3 is 10.4 Å². The number of nitrogens with one attached hydrogen (secondary N) is 1. The fourth-order valence-corrected chi connectivity index (χ4v) is 2.76. The number of carboxylic acids is 1. The summed E-state index contributed by atoms with van der Waals surface area (Å²) in [5.74, 6) is 5.37. The molecule has 1 aliphatic rings. The minimum atomic E-state index is -0.884. The highest BCUT2D eigenvalue weighted by Crippen LogP contribution is 2.28. The summed E-state index contributed by atoms with van der Waals surface area (Å²) in [6.07, 6.45) is 0.548. The molecule has 1 aliphatic heterocycles. The molecule has 0 amide bonds. The third kappa shape index (κ3) is 3.47. The van der Waals surface area contributed by atoms with Crippen LogP contribution in [0.3, 0.4) is 0 Å². The fourth-order valence-electron chi connectivity index (χ4n) is 2.76. The van der Waals surface area contributed by atoms with Crippen LogP contribution in [-0.2, 0) is 9.59 Å². The molecule has 0 bridgehead atoms. The zero-order chi connectivity index (χ0) is 16.9. The molecule has 0 saturated heterocycles. The van der Waals surface area contributed by atoms with Crippen LogP contribution in [0.5, 0.6) is 0 Å². The molecule has 0 aromatic heterocycles. The summed E-state index contributed by atoms with van der Waals surface area (Å²) in [5.41, 5.74) is 3.31. The number of hydrogen-bond acceptors (Lipinski definition) is 3. The summed E-state index contributed by atoms with van der Waals surface area (Å²) in [5, 5.41) is 12.1. The van der Waals surface area contributed by atoms with Crippen LogP contribution < -0.4 is 5.32 Å². The summed E-state index contributed by atoms with van der Waals surface area (Å²) in [7, 11) is 0. The minimum Gasteiger partial charge on any atom is -0.481 e. The fraction of sp³-hybridized carbons (Fsp3) is 0.200. The zero-order valence-corrected chi connectivity index (χ0v) is 13.1. The number of fused-ring (bicyclic) bond motifs is 2. The van der Waals surface area contributed by atoms with Crippen LogP contribution in [-0.4, -0.2) is 16.9 Å². The number of hydrogen-bond donors (Lipinski definition) is 2. The van der Waals surface area contributed by atoms with Crippen molar-refractivity contribution in [1.29, 1.82) is 0 Å². The number of benzene rings is 2. The number of anilines is 1. The van der Waals surface area contributed by atoms with Gasteiger partial charge in [0, 0.05) is 24.0 Å². The standard InChI is InChI=1S/C20H17NO3/c22-18(10-5-11-19(23)24)20-16-8-3-1-6-14(16)12-13-15-7-2-4-9-17(15)21-20/h1-4,6-9,20-21H,5,10-11H2,(H,23,24). The summed E-state index contributed by atoms with van der Waals surface area (Å²) >= 11 is 0. The van der Waals surface area contributed by atoms with E-state index in [-0.39, 0.29) is 18.6 Å². The Labute approximate surface area is 140 Å². The van der Waals surface area contributed by atoms with Crippen molar-refractivity contribution in [3.63, 3.8) is 0 Å². The Hall–Kier alpha value is -3.06. The second kappa shape index (κ2) is 7.01. The first kappa shape index (κ1) is 15.8. The number of Topliss-reactive ketones (excluding diaryl/α,β-unsaturated/α-hetero) is 1. The van der Waals surface area contributed by atoms with E-state index in [1.807, 2.05) is 48.5 Å². The number of ketones is 1. The van der Waals surface area contributed by atoms with Crippen molar-refractivity contribution in [2.75, 3.05) is 5.32 Å². The number of carbonyl (C=O) groups is 2. The monoisotopic (exact) mass is 319 g/mol. The highest BCUT2D eigenvalue weighted by molar-refractivity contribution is 5.89. The summed E-state index contributed by atoms with van der Waals surface area (Å²) in [6.45, 7) is 0. The van der Waals surface area contributed by atoms with Crippen molar-refractivity contribution in [2.24, 2.45) is 0 Å². The van der Waals surface area contributed by atoms with Crippen LogP contribution in [0.25, 0.3) is 0 Å². The summed E-state index contributed by atoms with van der Waals surface area (Å²) in [6, 6.07) is 14.7. The van der Waals surface area contributed by atoms with Gasteiger partial charge in [0.15, 0.2) is 5.78 Å². The summed E-state index contributed by atoms with van der Waals surface area (Å²) < 4.78 is 0. The predicted octanol–water partition coefficient (Wildman–Crippen LogP) is 3.38. The summed E-state index contributed by atoms with van der Waals surface area (Å²) in [4.78, 5) is 23.4. The van der Waals surface area contributed by atoms with Gasteiger partial charge in [-0.15, -0.1) is 0 Å². The van der Waals surface area contributed by atoms with Crippen LogP contribution >= 0.6 is 0 Å². The van der Waals surface area contributed by atoms with E-state index in [9.17, 15) is 9.59 Å². The van der Waals surface area contributed by atoms with Crippen LogP contribution in [0, 0.1) is 11.8 Å². The van der Waals surface area contributed by atoms with E-state index in [1.165, 1.54) is 0 Å². The van der Waals surface area contributed by atoms with E-state index in [4.69, 9.17) is 5.11 Å². The highest BCUT2D eigenvalue weighted by atomic mass is 16.4. The van der Waals surface area contributed by atoms with E-state index in [1.54, 1.807) is 0 Å². The van der Waals surface area contributed by atoms with E-state index in [0.717, 1.165) is 22.4 Å². The Morgan fingerprint density at radius 3 is 2.42 bits per heavy atom. The predicted molar refractivity (Wildman–Crippen MR) is 91.7 cm³/mol. The Morgan fingerprint density at radius 1 is 0.958 bits per heavy atom. The van der Waals surface area contributed by atoms with Gasteiger partial charge in [0.1, 0.15) is 6.04 Å². The SMILES string of the molecule is O=C(O)CCCC(=O)C1Nc2ccccc2C#Cc2ccccc21. The first-order valence-corrected chi connectivity index (χ1v) is 7.86. The lowest BCUT2D eigenvalue weighted by Gasteiger charge is -2.22. The zero-order valence-electron chi connectivity index (χ0n) is 13.1. The maximum absolute atomic E-state index is 12.7. The number of carbonyl (C=O) groups excluding carboxylic acids is 1. The van der Waals surface area contributed by atoms with Gasteiger partial charge in [0.25, 0.3) is 0 Å². The first-order chi connectivity index (χ1) is 11.6. The topological polar surface area (TPSA) is 66.4 Å². The molecule has 4 heteroatoms. The Morgan fingerprint density at radius 2 is 1.62 bits per heavy atom. The van der Waals surface area contributed by atoms with Crippen LogP contribution in [0.15, 0.2) is 48.5 Å². The molecule has 0 spiro atoms. The third-order valence-electron chi connectivity index (χ3n) is 3.97. The average molecular weight is 319 g/mol. The molecule has 0 saturated carbocycles. The van der Waals surface area contributed by atoms with Gasteiger partial charge in [0.2, 0.25) is 0 Å². The molecule has 0 radical (unpaired) electrons. The molecule has 120 valence electrons. The van der Waals surface area contributed by atoms with Crippen LogP contribution in [0.2, 0.25) is 0 Å². The van der Waals surface area contributed by atoms with Crippen LogP contribution in [0.1, 0.15) is 42.0 Å². The quantitative estimate of drug-likeness (QED) is 0.829. The lowest BCUT2D eigenvalue weighted by atomic mass is 9.93. The molecule has 0 aliphatic carbocycles. The molecule has 2 N–H and O–H groups in total. The molecule has 3 rings (SSSR count). The Kier molecular flexibility index (Phi) is 4.62. The van der Waals surface area contributed by atoms with E-state index >= 15 is 0 Å². The van der Waals surface area contributed by atoms with Crippen molar-refractivity contribution in [3.05, 3.63) is 65.2 Å². The minimum absolute atomic E-state index is 0.00347. The Balaban J connectivity index is 1.95. The lowest BCUT2D eigenvalue weighted by molar-refractivity contribution is -0.137. The van der Waals surface area contributed by atoms with Crippen molar-refractivity contribution in [2.45, 2.75) is 25.3 Å². The maximum atomic E-state index is 12.7. The van der Waals surface area contributed by atoms with Crippen molar-refractivity contribution >= 4 is 17.4 Å². The van der Waals surface area contributed by atoms with Crippen molar-refractivity contribution < 1.29 is 14.7 Å². The second-order valence-electron chi connectivity index (χ2n) is 5.67. The van der Waals surface area contributed by atoms with E-state index in [0.29, 0.717) is 6.42 Å². The molecule has 1 atom stereocenters. The van der Waals surface area contributed by atoms with Gasteiger partial charge >= 0.3 is 5.97 Å². The number of carboxylic acid groups (broad SMARTS) is 1. The molecule has 0 fully saturated rings. The van der Waals surface area contributed by atoms with E-state index < -0.39 is 12.0 Å². The first-order valence-electron chi connectivity index (χ1n) is 7.86. The molecule has 2 aromatic rings. The Bertz CT molecular complexity index is 845. The van der Waals surface area contributed by atoms with Gasteiger partial charge in [-0.2, -0.15) is 0 Å². The number of aliphatic carboxylic acids is 1. The van der Waals surface area contributed by atoms with Gasteiger partial charge in [-0.25, -0.2) is 0 Å². The largest absolute Gasteiger partial charge is 0.481 e. The molecule has 2 aromatic carbocycles. The van der Waals surface area contributed by atoms with Crippen molar-refractivity contribution in [1.82, 2.24) is 0 Å². The smallest absolute Gasteiger partial charge is 0.303 e. The second-order valence-corrected chi connectivity index (χ2v) is 5.67. The molecule has 24 heavy (non-hydrogen) atoms. The highest BCUT2D eigenvalue weighted by Gasteiger charge is 2.24. The molecular weight excluding hydrogens is 302 g/mol. The van der Waals surface area contributed by atoms with Gasteiger partial charge in [-0.3, -0.25) is 9.59 Å². The lowest BCUT2D eigenvalue weighted by Crippen LogP contribution is -2.23. The van der Waals surface area contributed by atoms with E-state index in [2.05, 4.69) is 17.2 Å². The van der Waals surface area contributed by atoms with Gasteiger partial charge in [-0.1, -0.05) is 42.2 Å². The number of rotatable bonds is 5. The van der Waals surface area contributed by atoms with Gasteiger partial charge in [0.05, 0.1) is 5.69 Å². The molecule has 4 nitrogen and oxygen atoms in total. The normalized spacial score (nSPS) is 14.8. The molecule has 1 unspecified atom stereocenters. The third-order valence-corrected chi connectivity index (χ3v) is 3.97. The molecule has 1 heterocycles. The van der Waals surface area contributed by atoms with Gasteiger partial charge in [-0.05, 0) is 30.2 Å². The van der Waals surface area contributed by atoms with Crippen LogP contribution in [0.4, 0.5) is 5.69 Å². The molecular formula is C20H17NO3. The average Bonchev–Trinajstić information content (AvgIpc) is 2.56. The van der Waals surface area contributed by atoms with Crippen molar-refractivity contribution in [3.8, 4) is 11.8 Å².